The lowest BCUT2D eigenvalue weighted by Gasteiger charge is -2.14. The van der Waals surface area contributed by atoms with Crippen LogP contribution in [-0.2, 0) is 14.4 Å². The first-order valence-electron chi connectivity index (χ1n) is 12.6. The zero-order chi connectivity index (χ0) is 24.7. The molecule has 0 aromatic rings. The van der Waals surface area contributed by atoms with Crippen LogP contribution >= 0.6 is 21.6 Å². The SMILES string of the molecule is CCCCCCCCCCCCCCCC(=O)N[C@@H](CCSSCCC(N)C(=O)O)C(=O)O. The molecule has 5 N–H and O–H groups in total. The van der Waals surface area contributed by atoms with Gasteiger partial charge in [-0.1, -0.05) is 106 Å². The van der Waals surface area contributed by atoms with Crippen LogP contribution in [-0.4, -0.2) is 51.6 Å². The van der Waals surface area contributed by atoms with E-state index in [1.54, 1.807) is 0 Å². The Morgan fingerprint density at radius 1 is 0.727 bits per heavy atom. The molecule has 0 spiro atoms. The Hall–Kier alpha value is -0.930. The fourth-order valence-corrected chi connectivity index (χ4v) is 5.61. The van der Waals surface area contributed by atoms with Crippen LogP contribution in [0.1, 0.15) is 110 Å². The molecule has 194 valence electrons. The number of hydrogen-bond acceptors (Lipinski definition) is 6. The maximum absolute atomic E-state index is 12.1. The molecule has 1 unspecified atom stereocenters. The van der Waals surface area contributed by atoms with Crippen molar-refractivity contribution in [2.24, 2.45) is 5.73 Å². The molecule has 0 aromatic heterocycles. The molecule has 0 saturated heterocycles. The summed E-state index contributed by atoms with van der Waals surface area (Å²) in [7, 11) is 2.94. The maximum Gasteiger partial charge on any atom is 0.326 e. The summed E-state index contributed by atoms with van der Waals surface area (Å²) in [6.45, 7) is 2.24. The average molecular weight is 507 g/mol. The minimum atomic E-state index is -1.02. The number of aliphatic carboxylic acids is 2. The lowest BCUT2D eigenvalue weighted by molar-refractivity contribution is -0.142. The zero-order valence-electron chi connectivity index (χ0n) is 20.4. The van der Waals surface area contributed by atoms with Crippen LogP contribution in [0.3, 0.4) is 0 Å². The first-order valence-corrected chi connectivity index (χ1v) is 15.1. The van der Waals surface area contributed by atoms with Gasteiger partial charge in [-0.25, -0.2) is 4.79 Å². The molecule has 0 aromatic carbocycles. The predicted octanol–water partition coefficient (Wildman–Crippen LogP) is 5.61. The number of unbranched alkanes of at least 4 members (excludes halogenated alkanes) is 12. The molecule has 0 rings (SSSR count). The number of carboxylic acid groups (broad SMARTS) is 2. The van der Waals surface area contributed by atoms with E-state index in [9.17, 15) is 19.5 Å². The summed E-state index contributed by atoms with van der Waals surface area (Å²) >= 11 is 0. The van der Waals surface area contributed by atoms with Crippen LogP contribution in [0, 0.1) is 0 Å². The van der Waals surface area contributed by atoms with Crippen molar-refractivity contribution in [3.05, 3.63) is 0 Å². The molecule has 0 aliphatic carbocycles. The van der Waals surface area contributed by atoms with Crippen molar-refractivity contribution in [1.82, 2.24) is 5.32 Å². The highest BCUT2D eigenvalue weighted by Gasteiger charge is 2.19. The van der Waals surface area contributed by atoms with Gasteiger partial charge in [0.2, 0.25) is 5.91 Å². The molecule has 0 radical (unpaired) electrons. The van der Waals surface area contributed by atoms with Crippen molar-refractivity contribution in [1.29, 1.82) is 0 Å². The largest absolute Gasteiger partial charge is 0.480 e. The van der Waals surface area contributed by atoms with Crippen molar-refractivity contribution in [3.8, 4) is 0 Å². The Balaban J connectivity index is 3.65. The number of carboxylic acids is 2. The van der Waals surface area contributed by atoms with Crippen LogP contribution in [0.15, 0.2) is 0 Å². The summed E-state index contributed by atoms with van der Waals surface area (Å²) in [5.74, 6) is -1.09. The number of amides is 1. The van der Waals surface area contributed by atoms with Gasteiger partial charge in [0.1, 0.15) is 12.1 Å². The van der Waals surface area contributed by atoms with Crippen molar-refractivity contribution in [3.63, 3.8) is 0 Å². The van der Waals surface area contributed by atoms with Gasteiger partial charge in [0.25, 0.3) is 0 Å². The van der Waals surface area contributed by atoms with Crippen LogP contribution in [0.2, 0.25) is 0 Å². The summed E-state index contributed by atoms with van der Waals surface area (Å²) in [6.07, 6.45) is 17.2. The van der Waals surface area contributed by atoms with Gasteiger partial charge in [-0.2, -0.15) is 0 Å². The molecule has 0 fully saturated rings. The number of carbonyl (C=O) groups is 3. The van der Waals surface area contributed by atoms with E-state index in [0.717, 1.165) is 19.3 Å². The van der Waals surface area contributed by atoms with Gasteiger partial charge in [0, 0.05) is 17.9 Å². The average Bonchev–Trinajstić information content (AvgIpc) is 2.77. The van der Waals surface area contributed by atoms with E-state index in [1.165, 1.54) is 85.8 Å². The van der Waals surface area contributed by atoms with E-state index < -0.39 is 24.0 Å². The van der Waals surface area contributed by atoms with E-state index in [4.69, 9.17) is 10.8 Å². The monoisotopic (exact) mass is 506 g/mol. The second kappa shape index (κ2) is 22.8. The summed E-state index contributed by atoms with van der Waals surface area (Å²) in [5, 5.41) is 20.7. The number of carbonyl (C=O) groups excluding carboxylic acids is 1. The van der Waals surface area contributed by atoms with Crippen LogP contribution < -0.4 is 11.1 Å². The summed E-state index contributed by atoms with van der Waals surface area (Å²) in [6, 6.07) is -1.75. The third-order valence-electron chi connectivity index (χ3n) is 5.54. The molecular weight excluding hydrogens is 460 g/mol. The Labute approximate surface area is 208 Å². The maximum atomic E-state index is 12.1. The highest BCUT2D eigenvalue weighted by atomic mass is 33.1. The van der Waals surface area contributed by atoms with E-state index in [2.05, 4.69) is 12.2 Å². The van der Waals surface area contributed by atoms with Gasteiger partial charge < -0.3 is 21.3 Å². The smallest absolute Gasteiger partial charge is 0.326 e. The van der Waals surface area contributed by atoms with Gasteiger partial charge in [0.05, 0.1) is 0 Å². The molecule has 0 heterocycles. The van der Waals surface area contributed by atoms with Gasteiger partial charge in [-0.15, -0.1) is 0 Å². The molecule has 0 saturated carbocycles. The lowest BCUT2D eigenvalue weighted by Crippen LogP contribution is -2.41. The van der Waals surface area contributed by atoms with E-state index in [-0.39, 0.29) is 5.91 Å². The van der Waals surface area contributed by atoms with Crippen molar-refractivity contribution in [2.75, 3.05) is 11.5 Å². The molecular formula is C24H46N2O5S2. The minimum Gasteiger partial charge on any atom is -0.480 e. The molecule has 2 atom stereocenters. The first kappa shape index (κ1) is 32.1. The second-order valence-electron chi connectivity index (χ2n) is 8.62. The Morgan fingerprint density at radius 3 is 1.64 bits per heavy atom. The third kappa shape index (κ3) is 21.3. The van der Waals surface area contributed by atoms with Gasteiger partial charge in [0.15, 0.2) is 0 Å². The first-order chi connectivity index (χ1) is 15.9. The van der Waals surface area contributed by atoms with E-state index >= 15 is 0 Å². The van der Waals surface area contributed by atoms with Crippen molar-refractivity contribution < 1.29 is 24.6 Å². The zero-order valence-corrected chi connectivity index (χ0v) is 22.0. The van der Waals surface area contributed by atoms with Crippen LogP contribution in [0.25, 0.3) is 0 Å². The number of nitrogens with one attached hydrogen (secondary N) is 1. The van der Waals surface area contributed by atoms with Crippen LogP contribution in [0.5, 0.6) is 0 Å². The Bertz CT molecular complexity index is 523. The Morgan fingerprint density at radius 2 is 1.18 bits per heavy atom. The molecule has 0 bridgehead atoms. The van der Waals surface area contributed by atoms with Gasteiger partial charge >= 0.3 is 11.9 Å². The van der Waals surface area contributed by atoms with E-state index in [1.807, 2.05) is 0 Å². The number of nitrogens with two attached hydrogens (primary N) is 1. The topological polar surface area (TPSA) is 130 Å². The second-order valence-corrected chi connectivity index (χ2v) is 11.3. The molecule has 1 amide bonds. The summed E-state index contributed by atoms with van der Waals surface area (Å²) < 4.78 is 0. The standard InChI is InChI=1S/C24H46N2O5S2/c1-2-3-4-5-6-7-8-9-10-11-12-13-14-15-22(27)26-21(24(30)31)17-19-33-32-18-16-20(25)23(28)29/h20-21H,2-19,25H2,1H3,(H,26,27)(H,28,29)(H,30,31)/t20?,21-/m0/s1. The van der Waals surface area contributed by atoms with Gasteiger partial charge in [-0.05, 0) is 19.3 Å². The minimum absolute atomic E-state index is 0.199. The van der Waals surface area contributed by atoms with E-state index in [0.29, 0.717) is 30.8 Å². The number of hydrogen-bond donors (Lipinski definition) is 4. The lowest BCUT2D eigenvalue weighted by atomic mass is 10.0. The molecule has 33 heavy (non-hydrogen) atoms. The fourth-order valence-electron chi connectivity index (χ4n) is 3.41. The quantitative estimate of drug-likeness (QED) is 0.0981. The van der Waals surface area contributed by atoms with Crippen molar-refractivity contribution in [2.45, 2.75) is 122 Å². The summed E-state index contributed by atoms with van der Waals surface area (Å²) in [4.78, 5) is 34.1. The fraction of sp³-hybridized carbons (Fsp3) is 0.875. The summed E-state index contributed by atoms with van der Waals surface area (Å²) in [5.41, 5.74) is 5.43. The molecule has 7 nitrogen and oxygen atoms in total. The third-order valence-corrected chi connectivity index (χ3v) is 8.01. The highest BCUT2D eigenvalue weighted by molar-refractivity contribution is 8.76. The molecule has 0 aliphatic heterocycles. The van der Waals surface area contributed by atoms with Gasteiger partial charge in [-0.3, -0.25) is 9.59 Å². The number of rotatable bonds is 24. The molecule has 9 heteroatoms. The Kier molecular flexibility index (Phi) is 22.2. The van der Waals surface area contributed by atoms with Crippen LogP contribution in [0.4, 0.5) is 0 Å². The van der Waals surface area contributed by atoms with Crippen molar-refractivity contribution >= 4 is 39.4 Å². The normalized spacial score (nSPS) is 12.9. The predicted molar refractivity (Wildman–Crippen MR) is 140 cm³/mol. The highest BCUT2D eigenvalue weighted by Crippen LogP contribution is 2.23. The molecule has 0 aliphatic rings.